The predicted molar refractivity (Wildman–Crippen MR) is 50.1 cm³/mol. The molecule has 0 unspecified atom stereocenters. The van der Waals surface area contributed by atoms with E-state index in [0.717, 1.165) is 17.6 Å². The van der Waals surface area contributed by atoms with Crippen LogP contribution in [0.4, 0.5) is 5.13 Å². The van der Waals surface area contributed by atoms with Gasteiger partial charge in [-0.15, -0.1) is 11.3 Å². The highest BCUT2D eigenvalue weighted by molar-refractivity contribution is 7.13. The molecule has 0 saturated heterocycles. The first-order valence-corrected chi connectivity index (χ1v) is 4.84. The Morgan fingerprint density at radius 2 is 2.55 bits per heavy atom. The first kappa shape index (κ1) is 8.53. The van der Waals surface area contributed by atoms with Crippen molar-refractivity contribution in [3.63, 3.8) is 0 Å². The van der Waals surface area contributed by atoms with Crippen molar-refractivity contribution in [2.24, 2.45) is 5.92 Å². The molecule has 3 heteroatoms. The fourth-order valence-corrected chi connectivity index (χ4v) is 1.26. The van der Waals surface area contributed by atoms with Crippen LogP contribution in [0.1, 0.15) is 20.3 Å². The summed E-state index contributed by atoms with van der Waals surface area (Å²) < 4.78 is 0. The Hall–Kier alpha value is -0.570. The smallest absolute Gasteiger partial charge is 0.182 e. The van der Waals surface area contributed by atoms with E-state index in [1.165, 1.54) is 6.42 Å². The van der Waals surface area contributed by atoms with Gasteiger partial charge in [-0.3, -0.25) is 0 Å². The maximum Gasteiger partial charge on any atom is 0.182 e. The van der Waals surface area contributed by atoms with Gasteiger partial charge in [-0.1, -0.05) is 20.3 Å². The van der Waals surface area contributed by atoms with Crippen LogP contribution in [0.15, 0.2) is 11.6 Å². The van der Waals surface area contributed by atoms with Gasteiger partial charge in [-0.2, -0.15) is 0 Å². The SMILES string of the molecule is CC[C@@H](C)CNc1nccs1. The van der Waals surface area contributed by atoms with Gasteiger partial charge in [0, 0.05) is 18.1 Å². The van der Waals surface area contributed by atoms with Gasteiger partial charge in [0.1, 0.15) is 0 Å². The zero-order chi connectivity index (χ0) is 8.10. The molecule has 0 bridgehead atoms. The summed E-state index contributed by atoms with van der Waals surface area (Å²) in [6.45, 7) is 5.47. The number of rotatable bonds is 4. The average Bonchev–Trinajstić information content (AvgIpc) is 2.52. The van der Waals surface area contributed by atoms with E-state index in [9.17, 15) is 0 Å². The summed E-state index contributed by atoms with van der Waals surface area (Å²) in [6.07, 6.45) is 3.04. The molecule has 0 saturated carbocycles. The van der Waals surface area contributed by atoms with E-state index in [2.05, 4.69) is 24.1 Å². The van der Waals surface area contributed by atoms with Crippen LogP contribution >= 0.6 is 11.3 Å². The molecule has 0 aromatic carbocycles. The third-order valence-electron chi connectivity index (χ3n) is 1.73. The molecule has 1 N–H and O–H groups in total. The molecule has 1 aromatic heterocycles. The zero-order valence-electron chi connectivity index (χ0n) is 7.00. The third kappa shape index (κ3) is 2.89. The van der Waals surface area contributed by atoms with Crippen LogP contribution in [0.2, 0.25) is 0 Å². The van der Waals surface area contributed by atoms with Crippen LogP contribution in [0.3, 0.4) is 0 Å². The summed E-state index contributed by atoms with van der Waals surface area (Å²) in [5.74, 6) is 0.735. The summed E-state index contributed by atoms with van der Waals surface area (Å²) in [7, 11) is 0. The van der Waals surface area contributed by atoms with Crippen molar-refractivity contribution in [1.29, 1.82) is 0 Å². The Labute approximate surface area is 71.7 Å². The average molecular weight is 170 g/mol. The fourth-order valence-electron chi connectivity index (χ4n) is 0.717. The lowest BCUT2D eigenvalue weighted by molar-refractivity contribution is 0.593. The van der Waals surface area contributed by atoms with Gasteiger partial charge in [-0.05, 0) is 5.92 Å². The minimum absolute atomic E-state index is 0.735. The van der Waals surface area contributed by atoms with E-state index < -0.39 is 0 Å². The maximum absolute atomic E-state index is 4.13. The van der Waals surface area contributed by atoms with Crippen LogP contribution in [0, 0.1) is 5.92 Å². The van der Waals surface area contributed by atoms with Crippen molar-refractivity contribution in [3.8, 4) is 0 Å². The van der Waals surface area contributed by atoms with Crippen molar-refractivity contribution in [3.05, 3.63) is 11.6 Å². The maximum atomic E-state index is 4.13. The zero-order valence-corrected chi connectivity index (χ0v) is 7.82. The molecule has 0 spiro atoms. The first-order valence-electron chi connectivity index (χ1n) is 3.96. The number of anilines is 1. The van der Waals surface area contributed by atoms with Crippen LogP contribution in [0.25, 0.3) is 0 Å². The second-order valence-electron chi connectivity index (χ2n) is 2.73. The molecule has 1 atom stereocenters. The number of hydrogen-bond acceptors (Lipinski definition) is 3. The van der Waals surface area contributed by atoms with Crippen LogP contribution in [-0.4, -0.2) is 11.5 Å². The molecule has 62 valence electrons. The number of nitrogens with one attached hydrogen (secondary N) is 1. The highest BCUT2D eigenvalue weighted by Gasteiger charge is 1.98. The van der Waals surface area contributed by atoms with Crippen LogP contribution < -0.4 is 5.32 Å². The lowest BCUT2D eigenvalue weighted by Crippen LogP contribution is -2.09. The molecule has 0 aliphatic carbocycles. The molecule has 0 amide bonds. The van der Waals surface area contributed by atoms with E-state index in [1.54, 1.807) is 11.3 Å². The van der Waals surface area contributed by atoms with Gasteiger partial charge in [0.25, 0.3) is 0 Å². The summed E-state index contributed by atoms with van der Waals surface area (Å²) in [5.41, 5.74) is 0. The number of nitrogens with zero attached hydrogens (tertiary/aromatic N) is 1. The Balaban J connectivity index is 2.23. The van der Waals surface area contributed by atoms with E-state index >= 15 is 0 Å². The Kier molecular flexibility index (Phi) is 3.36. The summed E-state index contributed by atoms with van der Waals surface area (Å²) in [6, 6.07) is 0. The second kappa shape index (κ2) is 4.34. The van der Waals surface area contributed by atoms with Gasteiger partial charge >= 0.3 is 0 Å². The predicted octanol–water partition coefficient (Wildman–Crippen LogP) is 2.60. The van der Waals surface area contributed by atoms with E-state index in [-0.39, 0.29) is 0 Å². The normalized spacial score (nSPS) is 12.9. The van der Waals surface area contributed by atoms with Crippen molar-refractivity contribution >= 4 is 16.5 Å². The molecular formula is C8H14N2S. The topological polar surface area (TPSA) is 24.9 Å². The van der Waals surface area contributed by atoms with Crippen LogP contribution in [-0.2, 0) is 0 Å². The van der Waals surface area contributed by atoms with Gasteiger partial charge in [0.15, 0.2) is 5.13 Å². The van der Waals surface area contributed by atoms with Gasteiger partial charge in [0.2, 0.25) is 0 Å². The fraction of sp³-hybridized carbons (Fsp3) is 0.625. The minimum Gasteiger partial charge on any atom is -0.361 e. The van der Waals surface area contributed by atoms with E-state index in [1.807, 2.05) is 11.6 Å². The molecule has 0 aliphatic heterocycles. The van der Waals surface area contributed by atoms with Crippen LogP contribution in [0.5, 0.6) is 0 Å². The van der Waals surface area contributed by atoms with E-state index in [4.69, 9.17) is 0 Å². The van der Waals surface area contributed by atoms with Crippen molar-refractivity contribution in [2.75, 3.05) is 11.9 Å². The van der Waals surface area contributed by atoms with Crippen molar-refractivity contribution in [2.45, 2.75) is 20.3 Å². The minimum atomic E-state index is 0.735. The molecule has 1 heterocycles. The number of aromatic nitrogens is 1. The van der Waals surface area contributed by atoms with Crippen molar-refractivity contribution in [1.82, 2.24) is 4.98 Å². The first-order chi connectivity index (χ1) is 5.33. The molecule has 0 fully saturated rings. The standard InChI is InChI=1S/C8H14N2S/c1-3-7(2)6-10-8-9-4-5-11-8/h4-5,7H,3,6H2,1-2H3,(H,9,10)/t7-/m1/s1. The second-order valence-corrected chi connectivity index (χ2v) is 3.63. The van der Waals surface area contributed by atoms with Gasteiger partial charge in [-0.25, -0.2) is 4.98 Å². The molecule has 0 aliphatic rings. The van der Waals surface area contributed by atoms with E-state index in [0.29, 0.717) is 0 Å². The highest BCUT2D eigenvalue weighted by atomic mass is 32.1. The van der Waals surface area contributed by atoms with Gasteiger partial charge in [0.05, 0.1) is 0 Å². The lowest BCUT2D eigenvalue weighted by atomic mass is 10.1. The highest BCUT2D eigenvalue weighted by Crippen LogP contribution is 2.11. The summed E-state index contributed by atoms with van der Waals surface area (Å²) >= 11 is 1.65. The molecule has 11 heavy (non-hydrogen) atoms. The summed E-state index contributed by atoms with van der Waals surface area (Å²) in [5, 5.41) is 6.30. The largest absolute Gasteiger partial charge is 0.361 e. The third-order valence-corrected chi connectivity index (χ3v) is 2.46. The number of thiazole rings is 1. The Morgan fingerprint density at radius 3 is 3.09 bits per heavy atom. The van der Waals surface area contributed by atoms with Gasteiger partial charge < -0.3 is 5.32 Å². The summed E-state index contributed by atoms with van der Waals surface area (Å²) in [4.78, 5) is 4.13. The quantitative estimate of drug-likeness (QED) is 0.751. The number of hydrogen-bond donors (Lipinski definition) is 1. The lowest BCUT2D eigenvalue weighted by Gasteiger charge is -2.07. The Bertz CT molecular complexity index is 184. The molecule has 0 radical (unpaired) electrons. The molecule has 2 nitrogen and oxygen atoms in total. The van der Waals surface area contributed by atoms with Crippen molar-refractivity contribution < 1.29 is 0 Å². The molecule has 1 rings (SSSR count). The molecule has 1 aromatic rings. The Morgan fingerprint density at radius 1 is 1.73 bits per heavy atom. The molecular weight excluding hydrogens is 156 g/mol. The monoisotopic (exact) mass is 170 g/mol.